The number of halogens is 1. The molecule has 96 valence electrons. The summed E-state index contributed by atoms with van der Waals surface area (Å²) in [6.07, 6.45) is 0. The van der Waals surface area contributed by atoms with Crippen molar-refractivity contribution in [3.05, 3.63) is 62.5 Å². The quantitative estimate of drug-likeness (QED) is 0.936. The number of pyridine rings is 1. The summed E-state index contributed by atoms with van der Waals surface area (Å²) in [4.78, 5) is 14.2. The maximum atomic E-state index is 11.6. The van der Waals surface area contributed by atoms with Crippen LogP contribution in [0.15, 0.2) is 35.1 Å². The van der Waals surface area contributed by atoms with Gasteiger partial charge in [-0.3, -0.25) is 4.79 Å². The van der Waals surface area contributed by atoms with Gasteiger partial charge in [-0.05, 0) is 25.1 Å². The van der Waals surface area contributed by atoms with Gasteiger partial charge >= 0.3 is 0 Å². The summed E-state index contributed by atoms with van der Waals surface area (Å²) in [5.74, 6) is 0.519. The van der Waals surface area contributed by atoms with Gasteiger partial charge in [0.1, 0.15) is 24.0 Å². The van der Waals surface area contributed by atoms with E-state index in [0.717, 1.165) is 0 Å². The first-order valence-corrected chi connectivity index (χ1v) is 6.00. The molecule has 1 aromatic carbocycles. The summed E-state index contributed by atoms with van der Waals surface area (Å²) in [6, 6.07) is 10.6. The molecule has 0 atom stereocenters. The van der Waals surface area contributed by atoms with E-state index in [2.05, 4.69) is 4.98 Å². The first-order chi connectivity index (χ1) is 9.11. The SMILES string of the molecule is Cc1cc(COc2ccccc2Cl)c(C#N)c(=O)[nH]1. The fraction of sp³-hybridized carbons (Fsp3) is 0.143. The molecule has 0 amide bonds. The number of benzene rings is 1. The summed E-state index contributed by atoms with van der Waals surface area (Å²) in [6.45, 7) is 1.87. The number of hydrogen-bond acceptors (Lipinski definition) is 3. The Morgan fingerprint density at radius 2 is 2.16 bits per heavy atom. The van der Waals surface area contributed by atoms with Crippen molar-refractivity contribution in [3.8, 4) is 11.8 Å². The summed E-state index contributed by atoms with van der Waals surface area (Å²) >= 11 is 5.97. The fourth-order valence-corrected chi connectivity index (χ4v) is 1.90. The molecule has 0 aliphatic heterocycles. The van der Waals surface area contributed by atoms with E-state index in [1.807, 2.05) is 6.07 Å². The van der Waals surface area contributed by atoms with E-state index < -0.39 is 5.56 Å². The van der Waals surface area contributed by atoms with Crippen molar-refractivity contribution in [2.75, 3.05) is 0 Å². The lowest BCUT2D eigenvalue weighted by molar-refractivity contribution is 0.305. The predicted molar refractivity (Wildman–Crippen MR) is 72.3 cm³/mol. The topological polar surface area (TPSA) is 65.9 Å². The minimum atomic E-state index is -0.403. The van der Waals surface area contributed by atoms with Crippen LogP contribution in [-0.2, 0) is 6.61 Å². The lowest BCUT2D eigenvalue weighted by Gasteiger charge is -2.09. The number of rotatable bonds is 3. The Morgan fingerprint density at radius 1 is 1.42 bits per heavy atom. The minimum Gasteiger partial charge on any atom is -0.487 e. The Morgan fingerprint density at radius 3 is 2.84 bits per heavy atom. The van der Waals surface area contributed by atoms with E-state index in [1.54, 1.807) is 37.3 Å². The molecule has 4 nitrogen and oxygen atoms in total. The van der Waals surface area contributed by atoms with Crippen molar-refractivity contribution >= 4 is 11.6 Å². The van der Waals surface area contributed by atoms with Gasteiger partial charge in [0.2, 0.25) is 0 Å². The molecule has 1 N–H and O–H groups in total. The number of para-hydroxylation sites is 1. The molecule has 0 aliphatic carbocycles. The highest BCUT2D eigenvalue weighted by atomic mass is 35.5. The zero-order valence-corrected chi connectivity index (χ0v) is 11.0. The van der Waals surface area contributed by atoms with E-state index in [4.69, 9.17) is 21.6 Å². The van der Waals surface area contributed by atoms with Crippen molar-refractivity contribution in [1.29, 1.82) is 5.26 Å². The molecule has 0 radical (unpaired) electrons. The number of aryl methyl sites for hydroxylation is 1. The molecule has 0 bridgehead atoms. The van der Waals surface area contributed by atoms with Gasteiger partial charge in [0.25, 0.3) is 5.56 Å². The molecule has 0 saturated heterocycles. The Bertz CT molecular complexity index is 701. The van der Waals surface area contributed by atoms with E-state index in [1.165, 1.54) is 0 Å². The highest BCUT2D eigenvalue weighted by molar-refractivity contribution is 6.32. The second-order valence-electron chi connectivity index (χ2n) is 4.01. The van der Waals surface area contributed by atoms with Crippen LogP contribution in [0.25, 0.3) is 0 Å². The van der Waals surface area contributed by atoms with Crippen LogP contribution >= 0.6 is 11.6 Å². The summed E-state index contributed by atoms with van der Waals surface area (Å²) in [7, 11) is 0. The number of aromatic nitrogens is 1. The molecule has 0 spiro atoms. The monoisotopic (exact) mass is 274 g/mol. The molecular formula is C14H11ClN2O2. The average molecular weight is 275 g/mol. The molecule has 0 unspecified atom stereocenters. The average Bonchev–Trinajstić information content (AvgIpc) is 2.37. The minimum absolute atomic E-state index is 0.0673. The number of aromatic amines is 1. The predicted octanol–water partition coefficient (Wildman–Crippen LogP) is 2.79. The van der Waals surface area contributed by atoms with Crippen LogP contribution in [0.2, 0.25) is 5.02 Å². The molecular weight excluding hydrogens is 264 g/mol. The molecule has 2 rings (SSSR count). The second kappa shape index (κ2) is 5.59. The van der Waals surface area contributed by atoms with Gasteiger partial charge in [-0.25, -0.2) is 0 Å². The Kier molecular flexibility index (Phi) is 3.88. The largest absolute Gasteiger partial charge is 0.487 e. The third-order valence-electron chi connectivity index (χ3n) is 2.58. The van der Waals surface area contributed by atoms with Crippen molar-refractivity contribution in [2.24, 2.45) is 0 Å². The second-order valence-corrected chi connectivity index (χ2v) is 4.42. The Hall–Kier alpha value is -2.25. The van der Waals surface area contributed by atoms with Gasteiger partial charge in [-0.2, -0.15) is 5.26 Å². The highest BCUT2D eigenvalue weighted by Gasteiger charge is 2.09. The lowest BCUT2D eigenvalue weighted by atomic mass is 10.1. The molecule has 1 heterocycles. The van der Waals surface area contributed by atoms with E-state index in [9.17, 15) is 4.79 Å². The summed E-state index contributed by atoms with van der Waals surface area (Å²) < 4.78 is 5.54. The first kappa shape index (κ1) is 13.2. The summed E-state index contributed by atoms with van der Waals surface area (Å²) in [5.41, 5.74) is 0.892. The Balaban J connectivity index is 2.28. The normalized spacial score (nSPS) is 9.95. The van der Waals surface area contributed by atoms with E-state index in [0.29, 0.717) is 22.0 Å². The molecule has 2 aromatic rings. The maximum absolute atomic E-state index is 11.6. The third-order valence-corrected chi connectivity index (χ3v) is 2.89. The standard InChI is InChI=1S/C14H11ClN2O2/c1-9-6-10(11(7-16)14(18)17-9)8-19-13-5-3-2-4-12(13)15/h2-6H,8H2,1H3,(H,17,18). The van der Waals surface area contributed by atoms with Gasteiger partial charge in [-0.15, -0.1) is 0 Å². The van der Waals surface area contributed by atoms with Crippen molar-refractivity contribution in [2.45, 2.75) is 13.5 Å². The van der Waals surface area contributed by atoms with Crippen LogP contribution in [0.1, 0.15) is 16.8 Å². The first-order valence-electron chi connectivity index (χ1n) is 5.62. The van der Waals surface area contributed by atoms with Crippen LogP contribution < -0.4 is 10.3 Å². The van der Waals surface area contributed by atoms with Gasteiger partial charge in [0.05, 0.1) is 5.02 Å². The Labute approximate surface area is 115 Å². The summed E-state index contributed by atoms with van der Waals surface area (Å²) in [5, 5.41) is 9.48. The van der Waals surface area contributed by atoms with Gasteiger partial charge in [-0.1, -0.05) is 23.7 Å². The maximum Gasteiger partial charge on any atom is 0.266 e. The van der Waals surface area contributed by atoms with Crippen LogP contribution in [0.5, 0.6) is 5.75 Å². The van der Waals surface area contributed by atoms with Crippen molar-refractivity contribution in [1.82, 2.24) is 4.98 Å². The smallest absolute Gasteiger partial charge is 0.266 e. The number of nitrogens with zero attached hydrogens (tertiary/aromatic N) is 1. The highest BCUT2D eigenvalue weighted by Crippen LogP contribution is 2.24. The molecule has 0 saturated carbocycles. The fourth-order valence-electron chi connectivity index (χ4n) is 1.71. The van der Waals surface area contributed by atoms with Gasteiger partial charge < -0.3 is 9.72 Å². The number of hydrogen-bond donors (Lipinski definition) is 1. The van der Waals surface area contributed by atoms with Crippen molar-refractivity contribution in [3.63, 3.8) is 0 Å². The zero-order valence-electron chi connectivity index (χ0n) is 10.2. The van der Waals surface area contributed by atoms with Gasteiger partial charge in [0.15, 0.2) is 0 Å². The number of nitrogens with one attached hydrogen (secondary N) is 1. The zero-order chi connectivity index (χ0) is 13.8. The third kappa shape index (κ3) is 2.95. The molecule has 0 fully saturated rings. The molecule has 0 aliphatic rings. The van der Waals surface area contributed by atoms with Crippen LogP contribution in [-0.4, -0.2) is 4.98 Å². The van der Waals surface area contributed by atoms with E-state index in [-0.39, 0.29) is 12.2 Å². The van der Waals surface area contributed by atoms with Crippen LogP contribution in [0.3, 0.4) is 0 Å². The number of H-pyrrole nitrogens is 1. The van der Waals surface area contributed by atoms with Crippen LogP contribution in [0.4, 0.5) is 0 Å². The van der Waals surface area contributed by atoms with Crippen LogP contribution in [0, 0.1) is 18.3 Å². The van der Waals surface area contributed by atoms with E-state index >= 15 is 0 Å². The molecule has 1 aromatic heterocycles. The number of ether oxygens (including phenoxy) is 1. The lowest BCUT2D eigenvalue weighted by Crippen LogP contribution is -2.15. The van der Waals surface area contributed by atoms with Crippen molar-refractivity contribution < 1.29 is 4.74 Å². The van der Waals surface area contributed by atoms with Gasteiger partial charge in [0, 0.05) is 11.3 Å². The molecule has 5 heteroatoms. The molecule has 19 heavy (non-hydrogen) atoms. The number of nitriles is 1.